The molecule has 1 saturated heterocycles. The van der Waals surface area contributed by atoms with Gasteiger partial charge in [-0.05, 0) is 30.5 Å². The van der Waals surface area contributed by atoms with Gasteiger partial charge in [0, 0.05) is 19.2 Å². The molecule has 0 atom stereocenters. The number of rotatable bonds is 7. The zero-order valence-electron chi connectivity index (χ0n) is 16.5. The quantitative estimate of drug-likeness (QED) is 0.642. The van der Waals surface area contributed by atoms with E-state index in [1.54, 1.807) is 6.07 Å². The second kappa shape index (κ2) is 9.28. The largest absolute Gasteiger partial charge is 0.493 e. The highest BCUT2D eigenvalue weighted by Gasteiger charge is 2.33. The summed E-state index contributed by atoms with van der Waals surface area (Å²) in [6.07, 6.45) is 0.861. The van der Waals surface area contributed by atoms with Crippen molar-refractivity contribution in [1.82, 2.24) is 4.31 Å². The summed E-state index contributed by atoms with van der Waals surface area (Å²) in [5.74, 6) is 0.242. The van der Waals surface area contributed by atoms with Gasteiger partial charge in [-0.3, -0.25) is 4.79 Å². The third-order valence-electron chi connectivity index (χ3n) is 5.00. The Labute approximate surface area is 171 Å². The summed E-state index contributed by atoms with van der Waals surface area (Å²) < 4.78 is 43.1. The smallest absolute Gasteiger partial charge is 0.309 e. The molecule has 0 aromatic heterocycles. The molecule has 1 aliphatic heterocycles. The molecule has 0 radical (unpaired) electrons. The fraction of sp³-hybridized carbons (Fsp3) is 0.381. The van der Waals surface area contributed by atoms with E-state index < -0.39 is 10.0 Å². The zero-order valence-corrected chi connectivity index (χ0v) is 17.4. The molecule has 1 fully saturated rings. The number of esters is 1. The Morgan fingerprint density at radius 2 is 1.66 bits per heavy atom. The molecule has 0 saturated carbocycles. The number of piperidine rings is 1. The maximum atomic E-state index is 13.0. The molecule has 2 aromatic rings. The van der Waals surface area contributed by atoms with Crippen LogP contribution < -0.4 is 9.47 Å². The minimum atomic E-state index is -3.68. The summed E-state index contributed by atoms with van der Waals surface area (Å²) >= 11 is 0. The van der Waals surface area contributed by atoms with Crippen LogP contribution in [0.25, 0.3) is 0 Å². The molecule has 0 amide bonds. The van der Waals surface area contributed by atoms with Gasteiger partial charge >= 0.3 is 5.97 Å². The van der Waals surface area contributed by atoms with E-state index in [0.717, 1.165) is 5.56 Å². The monoisotopic (exact) mass is 419 g/mol. The minimum absolute atomic E-state index is 0.139. The highest BCUT2D eigenvalue weighted by molar-refractivity contribution is 7.89. The number of sulfonamides is 1. The molecule has 0 bridgehead atoms. The molecule has 7 nitrogen and oxygen atoms in total. The van der Waals surface area contributed by atoms with Crippen LogP contribution in [0, 0.1) is 5.92 Å². The Kier molecular flexibility index (Phi) is 6.76. The zero-order chi connectivity index (χ0) is 20.9. The fourth-order valence-electron chi connectivity index (χ4n) is 3.30. The van der Waals surface area contributed by atoms with E-state index in [1.165, 1.54) is 30.7 Å². The van der Waals surface area contributed by atoms with Gasteiger partial charge in [-0.1, -0.05) is 30.3 Å². The van der Waals surface area contributed by atoms with Gasteiger partial charge in [0.25, 0.3) is 0 Å². The van der Waals surface area contributed by atoms with E-state index in [1.807, 2.05) is 30.3 Å². The van der Waals surface area contributed by atoms with Gasteiger partial charge < -0.3 is 14.2 Å². The maximum absolute atomic E-state index is 13.0. The molecular formula is C21H25NO6S. The average Bonchev–Trinajstić information content (AvgIpc) is 2.77. The molecule has 0 aliphatic carbocycles. The van der Waals surface area contributed by atoms with Crippen LogP contribution in [0.1, 0.15) is 18.4 Å². The van der Waals surface area contributed by atoms with Crippen molar-refractivity contribution in [2.24, 2.45) is 5.92 Å². The van der Waals surface area contributed by atoms with Gasteiger partial charge in [-0.25, -0.2) is 8.42 Å². The van der Waals surface area contributed by atoms with Crippen molar-refractivity contribution in [1.29, 1.82) is 0 Å². The van der Waals surface area contributed by atoms with E-state index in [-0.39, 0.29) is 36.5 Å². The highest BCUT2D eigenvalue weighted by atomic mass is 32.2. The lowest BCUT2D eigenvalue weighted by Crippen LogP contribution is -2.40. The van der Waals surface area contributed by atoms with Gasteiger partial charge in [-0.15, -0.1) is 0 Å². The second-order valence-corrected chi connectivity index (χ2v) is 8.73. The standard InChI is InChI=1S/C21H25NO6S/c1-26-19-9-8-18(14-20(19)27-2)29(24,25)22-12-10-17(11-13-22)21(23)28-15-16-6-4-3-5-7-16/h3-9,14,17H,10-13,15H2,1-2H3. The summed E-state index contributed by atoms with van der Waals surface area (Å²) in [6, 6.07) is 14.0. The molecule has 0 N–H and O–H groups in total. The lowest BCUT2D eigenvalue weighted by Gasteiger charge is -2.30. The molecule has 3 rings (SSSR count). The van der Waals surface area contributed by atoms with Crippen LogP contribution in [0.5, 0.6) is 11.5 Å². The van der Waals surface area contributed by atoms with Gasteiger partial charge in [0.2, 0.25) is 10.0 Å². The number of hydrogen-bond donors (Lipinski definition) is 0. The van der Waals surface area contributed by atoms with Crippen LogP contribution in [-0.4, -0.2) is 46.0 Å². The Bertz CT molecular complexity index is 937. The van der Waals surface area contributed by atoms with Crippen molar-refractivity contribution in [3.8, 4) is 11.5 Å². The summed E-state index contributed by atoms with van der Waals surface area (Å²) in [7, 11) is -0.725. The third kappa shape index (κ3) is 4.89. The Balaban J connectivity index is 1.60. The normalized spacial score (nSPS) is 15.7. The predicted molar refractivity (Wildman–Crippen MR) is 107 cm³/mol. The third-order valence-corrected chi connectivity index (χ3v) is 6.90. The van der Waals surface area contributed by atoms with Gasteiger partial charge in [0.1, 0.15) is 6.61 Å². The molecule has 8 heteroatoms. The first-order chi connectivity index (χ1) is 14.0. The van der Waals surface area contributed by atoms with E-state index in [4.69, 9.17) is 14.2 Å². The summed E-state index contributed by atoms with van der Waals surface area (Å²) in [4.78, 5) is 12.5. The molecule has 0 spiro atoms. The SMILES string of the molecule is COc1ccc(S(=O)(=O)N2CCC(C(=O)OCc3ccccc3)CC2)cc1OC. The van der Waals surface area contributed by atoms with Gasteiger partial charge in [-0.2, -0.15) is 4.31 Å². The Morgan fingerprint density at radius 1 is 1.00 bits per heavy atom. The average molecular weight is 419 g/mol. The van der Waals surface area contributed by atoms with Crippen molar-refractivity contribution >= 4 is 16.0 Å². The van der Waals surface area contributed by atoms with Gasteiger partial charge in [0.15, 0.2) is 11.5 Å². The molecule has 156 valence electrons. The van der Waals surface area contributed by atoms with Crippen LogP contribution in [0.4, 0.5) is 0 Å². The van der Waals surface area contributed by atoms with Crippen LogP contribution in [-0.2, 0) is 26.2 Å². The second-order valence-electron chi connectivity index (χ2n) is 6.79. The lowest BCUT2D eigenvalue weighted by atomic mass is 9.98. The fourth-order valence-corrected chi connectivity index (χ4v) is 4.79. The molecular weight excluding hydrogens is 394 g/mol. The van der Waals surface area contributed by atoms with Crippen molar-refractivity contribution < 1.29 is 27.4 Å². The Hall–Kier alpha value is -2.58. The topological polar surface area (TPSA) is 82.1 Å². The summed E-state index contributed by atoms with van der Waals surface area (Å²) in [6.45, 7) is 0.757. The molecule has 0 unspecified atom stereocenters. The number of nitrogens with zero attached hydrogens (tertiary/aromatic N) is 1. The van der Waals surface area contributed by atoms with E-state index >= 15 is 0 Å². The molecule has 2 aromatic carbocycles. The number of hydrogen-bond acceptors (Lipinski definition) is 6. The first kappa shape index (κ1) is 21.1. The number of methoxy groups -OCH3 is 2. The van der Waals surface area contributed by atoms with E-state index in [0.29, 0.717) is 24.3 Å². The number of benzene rings is 2. The van der Waals surface area contributed by atoms with Crippen molar-refractivity contribution in [2.45, 2.75) is 24.3 Å². The summed E-state index contributed by atoms with van der Waals surface area (Å²) in [5.41, 5.74) is 0.925. The molecule has 29 heavy (non-hydrogen) atoms. The summed E-state index contributed by atoms with van der Waals surface area (Å²) in [5, 5.41) is 0. The number of ether oxygens (including phenoxy) is 3. The highest BCUT2D eigenvalue weighted by Crippen LogP contribution is 2.32. The first-order valence-electron chi connectivity index (χ1n) is 9.38. The van der Waals surface area contributed by atoms with Crippen LogP contribution in [0.3, 0.4) is 0 Å². The number of carbonyl (C=O) groups excluding carboxylic acids is 1. The van der Waals surface area contributed by atoms with Crippen molar-refractivity contribution in [3.63, 3.8) is 0 Å². The van der Waals surface area contributed by atoms with Gasteiger partial charge in [0.05, 0.1) is 25.0 Å². The minimum Gasteiger partial charge on any atom is -0.493 e. The predicted octanol–water partition coefficient (Wildman–Crippen LogP) is 2.85. The molecule has 1 heterocycles. The van der Waals surface area contributed by atoms with Crippen LogP contribution in [0.2, 0.25) is 0 Å². The molecule has 1 aliphatic rings. The van der Waals surface area contributed by atoms with Crippen LogP contribution >= 0.6 is 0 Å². The van der Waals surface area contributed by atoms with Crippen molar-refractivity contribution in [3.05, 3.63) is 54.1 Å². The van der Waals surface area contributed by atoms with Crippen LogP contribution in [0.15, 0.2) is 53.4 Å². The van der Waals surface area contributed by atoms with Crippen molar-refractivity contribution in [2.75, 3.05) is 27.3 Å². The lowest BCUT2D eigenvalue weighted by molar-refractivity contribution is -0.151. The Morgan fingerprint density at radius 3 is 2.28 bits per heavy atom. The van der Waals surface area contributed by atoms with E-state index in [9.17, 15) is 13.2 Å². The van der Waals surface area contributed by atoms with E-state index in [2.05, 4.69) is 0 Å². The number of carbonyl (C=O) groups is 1. The maximum Gasteiger partial charge on any atom is 0.309 e. The first-order valence-corrected chi connectivity index (χ1v) is 10.8.